The molecule has 0 fully saturated rings. The van der Waals surface area contributed by atoms with Crippen LogP contribution in [0.1, 0.15) is 37.0 Å². The lowest BCUT2D eigenvalue weighted by molar-refractivity contribution is -0.140. The van der Waals surface area contributed by atoms with Crippen molar-refractivity contribution in [1.82, 2.24) is 10.2 Å². The van der Waals surface area contributed by atoms with Crippen molar-refractivity contribution in [3.8, 4) is 5.75 Å². The van der Waals surface area contributed by atoms with E-state index in [2.05, 4.69) is 5.32 Å². The summed E-state index contributed by atoms with van der Waals surface area (Å²) in [5, 5.41) is 2.91. The average Bonchev–Trinajstić information content (AvgIpc) is 3.06. The highest BCUT2D eigenvalue weighted by atomic mass is 32.2. The first-order chi connectivity index (χ1) is 22.1. The van der Waals surface area contributed by atoms with Crippen LogP contribution in [0.25, 0.3) is 0 Å². The van der Waals surface area contributed by atoms with E-state index in [-0.39, 0.29) is 29.5 Å². The molecule has 4 rings (SSSR count). The lowest BCUT2D eigenvalue weighted by atomic mass is 10.0. The van der Waals surface area contributed by atoms with Gasteiger partial charge in [0.05, 0.1) is 17.2 Å². The predicted molar refractivity (Wildman–Crippen MR) is 178 cm³/mol. The monoisotopic (exact) mass is 645 g/mol. The maximum Gasteiger partial charge on any atom is 0.264 e. The van der Waals surface area contributed by atoms with Gasteiger partial charge in [-0.3, -0.25) is 13.9 Å². The number of aryl methyl sites for hydroxylation is 1. The number of hydrogen-bond donors (Lipinski definition) is 1. The van der Waals surface area contributed by atoms with Gasteiger partial charge >= 0.3 is 0 Å². The summed E-state index contributed by atoms with van der Waals surface area (Å²) in [6, 6.07) is 26.9. The molecule has 0 saturated heterocycles. The standard InChI is InChI=1S/C36H40FN3O5S/c1-4-23-38-36(42)34(24-28-9-7-6-8-10-28)39(25-29-13-15-30(37)16-14-29)35(41)26-40(31-17-19-32(20-18-31)45-5-2)46(43,44)33-21-11-27(3)12-22-33/h6-22,34H,4-5,23-26H2,1-3H3,(H,38,42)/t34-/m1/s1. The highest BCUT2D eigenvalue weighted by molar-refractivity contribution is 7.92. The van der Waals surface area contributed by atoms with E-state index in [0.29, 0.717) is 30.9 Å². The number of carbonyl (C=O) groups excluding carboxylic acids is 2. The maximum atomic E-state index is 14.5. The second kappa shape index (κ2) is 16.0. The van der Waals surface area contributed by atoms with Crippen molar-refractivity contribution in [3.63, 3.8) is 0 Å². The van der Waals surface area contributed by atoms with Gasteiger partial charge in [-0.15, -0.1) is 0 Å². The number of halogens is 1. The Morgan fingerprint density at radius 3 is 2.11 bits per heavy atom. The SMILES string of the molecule is CCCNC(=O)[C@@H](Cc1ccccc1)N(Cc1ccc(F)cc1)C(=O)CN(c1ccc(OCC)cc1)S(=O)(=O)c1ccc(C)cc1. The molecule has 242 valence electrons. The lowest BCUT2D eigenvalue weighted by Crippen LogP contribution is -2.53. The molecule has 0 saturated carbocycles. The summed E-state index contributed by atoms with van der Waals surface area (Å²) < 4.78 is 48.7. The van der Waals surface area contributed by atoms with Gasteiger partial charge in [-0.2, -0.15) is 0 Å². The third-order valence-corrected chi connectivity index (χ3v) is 9.20. The van der Waals surface area contributed by atoms with Crippen molar-refractivity contribution in [2.45, 2.75) is 51.1 Å². The molecule has 0 aliphatic carbocycles. The largest absolute Gasteiger partial charge is 0.494 e. The highest BCUT2D eigenvalue weighted by Crippen LogP contribution is 2.27. The molecule has 0 spiro atoms. The normalized spacial score (nSPS) is 11.8. The maximum absolute atomic E-state index is 14.5. The van der Waals surface area contributed by atoms with Gasteiger partial charge in [0, 0.05) is 19.5 Å². The molecule has 0 aliphatic heterocycles. The van der Waals surface area contributed by atoms with Crippen molar-refractivity contribution < 1.29 is 27.1 Å². The molecule has 10 heteroatoms. The van der Waals surface area contributed by atoms with Crippen LogP contribution in [-0.2, 0) is 32.6 Å². The lowest BCUT2D eigenvalue weighted by Gasteiger charge is -2.34. The van der Waals surface area contributed by atoms with Crippen LogP contribution in [-0.4, -0.2) is 50.9 Å². The summed E-state index contributed by atoms with van der Waals surface area (Å²) >= 11 is 0. The second-order valence-corrected chi connectivity index (χ2v) is 12.8. The fraction of sp³-hybridized carbons (Fsp3) is 0.278. The number of benzene rings is 4. The summed E-state index contributed by atoms with van der Waals surface area (Å²) in [5.74, 6) is -0.843. The van der Waals surface area contributed by atoms with Crippen molar-refractivity contribution in [2.75, 3.05) is 24.0 Å². The van der Waals surface area contributed by atoms with Gasteiger partial charge in [-0.1, -0.05) is 67.1 Å². The molecule has 0 aromatic heterocycles. The smallest absolute Gasteiger partial charge is 0.264 e. The number of ether oxygens (including phenoxy) is 1. The molecule has 1 atom stereocenters. The minimum absolute atomic E-state index is 0.0198. The summed E-state index contributed by atoms with van der Waals surface area (Å²) in [5.41, 5.74) is 2.56. The average molecular weight is 646 g/mol. The molecule has 8 nitrogen and oxygen atoms in total. The van der Waals surface area contributed by atoms with Crippen LogP contribution in [0, 0.1) is 12.7 Å². The Balaban J connectivity index is 1.79. The van der Waals surface area contributed by atoms with Gasteiger partial charge in [0.15, 0.2) is 0 Å². The number of amides is 2. The fourth-order valence-corrected chi connectivity index (χ4v) is 6.36. The number of anilines is 1. The Morgan fingerprint density at radius 2 is 1.50 bits per heavy atom. The minimum atomic E-state index is -4.23. The summed E-state index contributed by atoms with van der Waals surface area (Å²) in [6.45, 7) is 5.84. The third-order valence-electron chi connectivity index (χ3n) is 7.41. The second-order valence-electron chi connectivity index (χ2n) is 10.9. The van der Waals surface area contributed by atoms with Crippen molar-refractivity contribution in [2.24, 2.45) is 0 Å². The first kappa shape index (κ1) is 34.2. The molecule has 0 radical (unpaired) electrons. The number of nitrogens with zero attached hydrogens (tertiary/aromatic N) is 2. The summed E-state index contributed by atoms with van der Waals surface area (Å²) in [7, 11) is -4.23. The summed E-state index contributed by atoms with van der Waals surface area (Å²) in [6.07, 6.45) is 0.882. The number of sulfonamides is 1. The molecule has 0 heterocycles. The Hall–Kier alpha value is -4.70. The minimum Gasteiger partial charge on any atom is -0.494 e. The van der Waals surface area contributed by atoms with E-state index in [9.17, 15) is 22.4 Å². The number of rotatable bonds is 15. The zero-order valence-electron chi connectivity index (χ0n) is 26.4. The van der Waals surface area contributed by atoms with Crippen LogP contribution in [0.15, 0.2) is 108 Å². The number of carbonyl (C=O) groups is 2. The van der Waals surface area contributed by atoms with Crippen LogP contribution >= 0.6 is 0 Å². The van der Waals surface area contributed by atoms with E-state index in [4.69, 9.17) is 4.74 Å². The molecule has 0 bridgehead atoms. The zero-order valence-corrected chi connectivity index (χ0v) is 27.2. The van der Waals surface area contributed by atoms with Crippen molar-refractivity contribution in [1.29, 1.82) is 0 Å². The van der Waals surface area contributed by atoms with Crippen LogP contribution < -0.4 is 14.4 Å². The zero-order chi connectivity index (χ0) is 33.1. The molecule has 4 aromatic rings. The molecule has 4 aromatic carbocycles. The molecule has 1 N–H and O–H groups in total. The summed E-state index contributed by atoms with van der Waals surface area (Å²) in [4.78, 5) is 29.5. The van der Waals surface area contributed by atoms with Gasteiger partial charge in [-0.25, -0.2) is 12.8 Å². The first-order valence-corrected chi connectivity index (χ1v) is 16.7. The molecular weight excluding hydrogens is 605 g/mol. The first-order valence-electron chi connectivity index (χ1n) is 15.3. The molecule has 46 heavy (non-hydrogen) atoms. The quantitative estimate of drug-likeness (QED) is 0.174. The van der Waals surface area contributed by atoms with E-state index in [1.807, 2.05) is 51.1 Å². The van der Waals surface area contributed by atoms with E-state index < -0.39 is 34.3 Å². The van der Waals surface area contributed by atoms with E-state index in [1.54, 1.807) is 48.5 Å². The predicted octanol–water partition coefficient (Wildman–Crippen LogP) is 5.89. The van der Waals surface area contributed by atoms with Crippen LogP contribution in [0.5, 0.6) is 5.75 Å². The molecule has 0 aliphatic rings. The van der Waals surface area contributed by atoms with Gasteiger partial charge in [0.1, 0.15) is 24.2 Å². The van der Waals surface area contributed by atoms with Gasteiger partial charge in [-0.05, 0) is 79.9 Å². The number of hydrogen-bond acceptors (Lipinski definition) is 5. The van der Waals surface area contributed by atoms with Gasteiger partial charge in [0.2, 0.25) is 11.8 Å². The van der Waals surface area contributed by atoms with Crippen LogP contribution in [0.3, 0.4) is 0 Å². The Kier molecular flexibility index (Phi) is 11.9. The topological polar surface area (TPSA) is 96.0 Å². The van der Waals surface area contributed by atoms with Crippen molar-refractivity contribution in [3.05, 3.63) is 126 Å². The van der Waals surface area contributed by atoms with E-state index in [1.165, 1.54) is 29.2 Å². The Bertz CT molecular complexity index is 1680. The Labute approximate surface area is 270 Å². The molecular formula is C36H40FN3O5S. The van der Waals surface area contributed by atoms with Gasteiger partial charge < -0.3 is 15.0 Å². The number of nitrogens with one attached hydrogen (secondary N) is 1. The third kappa shape index (κ3) is 8.94. The molecule has 0 unspecified atom stereocenters. The van der Waals surface area contributed by atoms with E-state index in [0.717, 1.165) is 15.4 Å². The van der Waals surface area contributed by atoms with E-state index >= 15 is 0 Å². The van der Waals surface area contributed by atoms with Crippen molar-refractivity contribution >= 4 is 27.5 Å². The van der Waals surface area contributed by atoms with Crippen LogP contribution in [0.4, 0.5) is 10.1 Å². The Morgan fingerprint density at radius 1 is 0.848 bits per heavy atom. The van der Waals surface area contributed by atoms with Crippen LogP contribution in [0.2, 0.25) is 0 Å². The fourth-order valence-electron chi connectivity index (χ4n) is 4.95. The van der Waals surface area contributed by atoms with Gasteiger partial charge in [0.25, 0.3) is 10.0 Å². The molecule has 2 amide bonds. The highest BCUT2D eigenvalue weighted by Gasteiger charge is 2.34.